The molecule has 2 aromatic carbocycles. The Labute approximate surface area is 360 Å². The van der Waals surface area contributed by atoms with Gasteiger partial charge in [-0.15, -0.1) is 0 Å². The minimum Gasteiger partial charge on any atom is -0.490 e. The number of rotatable bonds is 18. The van der Waals surface area contributed by atoms with Crippen molar-refractivity contribution in [2.75, 3.05) is 31.3 Å². The lowest BCUT2D eigenvalue weighted by Crippen LogP contribution is -2.55. The monoisotopic (exact) mass is 829 g/mol. The Bertz CT molecular complexity index is 1880. The summed E-state index contributed by atoms with van der Waals surface area (Å²) in [7, 11) is 0. The van der Waals surface area contributed by atoms with Crippen molar-refractivity contribution in [1.82, 2.24) is 0 Å². The van der Waals surface area contributed by atoms with Gasteiger partial charge in [-0.1, -0.05) is 76.5 Å². The van der Waals surface area contributed by atoms with E-state index in [1.165, 1.54) is 75.1 Å². The first-order chi connectivity index (χ1) is 28.6. The molecule has 3 fully saturated rings. The number of halogens is 2. The molecule has 0 heterocycles. The highest BCUT2D eigenvalue weighted by Gasteiger charge is 2.61. The van der Waals surface area contributed by atoms with Gasteiger partial charge in [0.05, 0.1) is 31.5 Å². The predicted molar refractivity (Wildman–Crippen MR) is 241 cm³/mol. The molecule has 0 saturated heterocycles. The second-order valence-electron chi connectivity index (χ2n) is 20.1. The maximum absolute atomic E-state index is 15.1. The van der Waals surface area contributed by atoms with Gasteiger partial charge in [-0.2, -0.15) is 4.39 Å². The SMILES string of the molecule is CC(C)=CCCCC(C)C1CCC2C3CC=C4C(C)(C)C(OC/C=C/c5ccc(OCCCCCCOC(=O)c6cc(N)cc(N)c6)c(F)c5F)CCC4(C)C3CCC12C. The van der Waals surface area contributed by atoms with Crippen LogP contribution in [0.2, 0.25) is 0 Å². The van der Waals surface area contributed by atoms with Crippen LogP contribution in [-0.4, -0.2) is 31.9 Å². The molecule has 8 heteroatoms. The molecule has 3 saturated carbocycles. The van der Waals surface area contributed by atoms with Gasteiger partial charge in [0.2, 0.25) is 5.82 Å². The molecule has 0 aliphatic heterocycles. The van der Waals surface area contributed by atoms with Crippen molar-refractivity contribution in [3.63, 3.8) is 0 Å². The third-order valence-corrected chi connectivity index (χ3v) is 15.6. The number of esters is 1. The molecular weight excluding hydrogens is 755 g/mol. The van der Waals surface area contributed by atoms with Crippen molar-refractivity contribution in [2.45, 2.75) is 144 Å². The average molecular weight is 829 g/mol. The fourth-order valence-corrected chi connectivity index (χ4v) is 12.6. The number of benzene rings is 2. The molecule has 4 N–H and O–H groups in total. The largest absolute Gasteiger partial charge is 0.490 e. The summed E-state index contributed by atoms with van der Waals surface area (Å²) in [6, 6.07) is 7.69. The predicted octanol–water partition coefficient (Wildman–Crippen LogP) is 13.3. The third kappa shape index (κ3) is 10.0. The fourth-order valence-electron chi connectivity index (χ4n) is 12.6. The summed E-state index contributed by atoms with van der Waals surface area (Å²) in [5.74, 6) is 1.52. The highest BCUT2D eigenvalue weighted by molar-refractivity contribution is 5.91. The van der Waals surface area contributed by atoms with E-state index in [0.717, 1.165) is 55.3 Å². The smallest absolute Gasteiger partial charge is 0.338 e. The zero-order chi connectivity index (χ0) is 43.2. The van der Waals surface area contributed by atoms with E-state index in [2.05, 4.69) is 60.6 Å². The second-order valence-corrected chi connectivity index (χ2v) is 20.1. The van der Waals surface area contributed by atoms with Crippen molar-refractivity contribution in [3.05, 3.63) is 82.5 Å². The Morgan fingerprint density at radius 3 is 2.35 bits per heavy atom. The van der Waals surface area contributed by atoms with E-state index in [-0.39, 0.29) is 41.5 Å². The van der Waals surface area contributed by atoms with Crippen molar-refractivity contribution < 1.29 is 27.8 Å². The third-order valence-electron chi connectivity index (χ3n) is 15.6. The Morgan fingerprint density at radius 2 is 1.62 bits per heavy atom. The number of unbranched alkanes of at least 4 members (excludes halogenated alkanes) is 4. The van der Waals surface area contributed by atoms with Crippen LogP contribution in [-0.2, 0) is 9.47 Å². The maximum atomic E-state index is 15.1. The highest BCUT2D eigenvalue weighted by Crippen LogP contribution is 2.69. The molecule has 330 valence electrons. The fraction of sp³-hybridized carbons (Fsp3) is 0.635. The lowest BCUT2D eigenvalue weighted by Gasteiger charge is -2.61. The topological polar surface area (TPSA) is 96.8 Å². The first-order valence-electron chi connectivity index (χ1n) is 23.1. The van der Waals surface area contributed by atoms with Crippen LogP contribution in [0.5, 0.6) is 5.75 Å². The number of nitrogens with two attached hydrogens (primary N) is 2. The van der Waals surface area contributed by atoms with Gasteiger partial charge in [-0.25, -0.2) is 9.18 Å². The molecule has 4 aliphatic carbocycles. The molecule has 0 bridgehead atoms. The van der Waals surface area contributed by atoms with Crippen LogP contribution in [0, 0.1) is 57.5 Å². The Hall–Kier alpha value is -3.65. The van der Waals surface area contributed by atoms with Gasteiger partial charge in [0, 0.05) is 22.4 Å². The number of nitrogen functional groups attached to an aromatic ring is 2. The summed E-state index contributed by atoms with van der Waals surface area (Å²) in [5.41, 5.74) is 16.4. The Morgan fingerprint density at radius 1 is 0.883 bits per heavy atom. The number of allylic oxidation sites excluding steroid dienone is 3. The lowest BCUT2D eigenvalue weighted by molar-refractivity contribution is -0.0910. The van der Waals surface area contributed by atoms with E-state index in [0.29, 0.717) is 41.8 Å². The van der Waals surface area contributed by atoms with Crippen LogP contribution in [0.3, 0.4) is 0 Å². The van der Waals surface area contributed by atoms with Crippen LogP contribution >= 0.6 is 0 Å². The van der Waals surface area contributed by atoms with Gasteiger partial charge >= 0.3 is 5.97 Å². The van der Waals surface area contributed by atoms with Gasteiger partial charge in [-0.05, 0) is 168 Å². The van der Waals surface area contributed by atoms with E-state index < -0.39 is 17.6 Å². The van der Waals surface area contributed by atoms with Gasteiger partial charge in [0.1, 0.15) is 0 Å². The summed E-state index contributed by atoms with van der Waals surface area (Å²) >= 11 is 0. The minimum atomic E-state index is -0.983. The molecule has 6 rings (SSSR count). The Balaban J connectivity index is 0.945. The van der Waals surface area contributed by atoms with Crippen molar-refractivity contribution in [2.24, 2.45) is 45.8 Å². The van der Waals surface area contributed by atoms with Crippen LogP contribution in [0.4, 0.5) is 20.2 Å². The average Bonchev–Trinajstić information content (AvgIpc) is 3.55. The van der Waals surface area contributed by atoms with E-state index >= 15 is 8.78 Å². The maximum Gasteiger partial charge on any atom is 0.338 e. The van der Waals surface area contributed by atoms with Gasteiger partial charge in [-0.3, -0.25) is 0 Å². The minimum absolute atomic E-state index is 0.0660. The molecule has 6 nitrogen and oxygen atoms in total. The molecule has 2 aromatic rings. The zero-order valence-corrected chi connectivity index (χ0v) is 37.7. The first-order valence-corrected chi connectivity index (χ1v) is 23.1. The quantitative estimate of drug-likeness (QED) is 0.0672. The van der Waals surface area contributed by atoms with Crippen molar-refractivity contribution >= 4 is 23.4 Å². The molecule has 8 unspecified atom stereocenters. The lowest BCUT2D eigenvalue weighted by atomic mass is 9.44. The molecule has 8 atom stereocenters. The molecule has 60 heavy (non-hydrogen) atoms. The standard InChI is InChI=1S/C52H74F2N2O4/c1-34(2)15-10-11-16-35(3)41-20-21-42-40-19-23-45-50(4,5)46(25-27-52(45,7)43(40)24-26-51(41,42)6)59-30-14-17-36-18-22-44(48(54)47(36)53)58-28-12-8-9-13-29-60-49(57)37-31-38(55)33-39(56)32-37/h14-15,17-18,22-23,31-33,35,40-43,46H,8-13,16,19-21,24-30,55-56H2,1-7H3/b17-14+. The van der Waals surface area contributed by atoms with Crippen LogP contribution in [0.15, 0.2) is 59.7 Å². The van der Waals surface area contributed by atoms with Crippen molar-refractivity contribution in [3.8, 4) is 5.75 Å². The molecule has 0 amide bonds. The number of hydrogen-bond acceptors (Lipinski definition) is 6. The summed E-state index contributed by atoms with van der Waals surface area (Å²) in [6.45, 7) is 17.8. The zero-order valence-electron chi connectivity index (χ0n) is 37.7. The normalized spacial score (nSPS) is 28.6. The van der Waals surface area contributed by atoms with Crippen LogP contribution < -0.4 is 16.2 Å². The van der Waals surface area contributed by atoms with E-state index in [1.807, 2.05) is 0 Å². The number of hydrogen-bond donors (Lipinski definition) is 2. The summed E-state index contributed by atoms with van der Waals surface area (Å²) in [6.07, 6.45) is 24.2. The van der Waals surface area contributed by atoms with Crippen LogP contribution in [0.25, 0.3) is 6.08 Å². The number of ether oxygens (including phenoxy) is 3. The van der Waals surface area contributed by atoms with Gasteiger partial charge in [0.25, 0.3) is 0 Å². The second kappa shape index (κ2) is 19.6. The van der Waals surface area contributed by atoms with Crippen LogP contribution in [0.1, 0.15) is 154 Å². The highest BCUT2D eigenvalue weighted by atomic mass is 19.2. The van der Waals surface area contributed by atoms with E-state index in [9.17, 15) is 4.79 Å². The summed E-state index contributed by atoms with van der Waals surface area (Å²) < 4.78 is 47.6. The molecule has 0 aromatic heterocycles. The van der Waals surface area contributed by atoms with Gasteiger partial charge < -0.3 is 25.7 Å². The number of anilines is 2. The summed E-state index contributed by atoms with van der Waals surface area (Å²) in [5, 5.41) is 0. The molecule has 4 aliphatic rings. The van der Waals surface area contributed by atoms with Gasteiger partial charge in [0.15, 0.2) is 11.6 Å². The van der Waals surface area contributed by atoms with E-state index in [4.69, 9.17) is 25.7 Å². The number of carbonyl (C=O) groups is 1. The number of fused-ring (bicyclic) bond motifs is 5. The summed E-state index contributed by atoms with van der Waals surface area (Å²) in [4.78, 5) is 12.2. The molecule has 0 spiro atoms. The number of carbonyl (C=O) groups excluding carboxylic acids is 1. The Kier molecular flexibility index (Phi) is 15.0. The van der Waals surface area contributed by atoms with Crippen molar-refractivity contribution in [1.29, 1.82) is 0 Å². The molecular formula is C52H74F2N2O4. The first kappa shape index (κ1) is 45.9. The van der Waals surface area contributed by atoms with E-state index in [1.54, 1.807) is 29.9 Å². The molecule has 0 radical (unpaired) electrons.